The van der Waals surface area contributed by atoms with Gasteiger partial charge in [0.05, 0.1) is 17.8 Å². The molecule has 0 amide bonds. The second kappa shape index (κ2) is 8.17. The molecule has 31 heavy (non-hydrogen) atoms. The molecule has 0 saturated heterocycles. The monoisotopic (exact) mass is 476 g/mol. The molecule has 0 fully saturated rings. The Bertz CT molecular complexity index is 1280. The van der Waals surface area contributed by atoms with E-state index in [1.807, 2.05) is 60.7 Å². The zero-order valence-corrected chi connectivity index (χ0v) is 18.4. The fourth-order valence-electron chi connectivity index (χ4n) is 3.85. The Kier molecular flexibility index (Phi) is 5.21. The SMILES string of the molecule is Nc1ccc(-c2nc3c(c(=O)[nH]2)CN(Cc2ccc(-c4ccc(Br)cc4)o2)CC3)cc1. The molecule has 0 saturated carbocycles. The highest BCUT2D eigenvalue weighted by atomic mass is 79.9. The van der Waals surface area contributed by atoms with E-state index in [0.29, 0.717) is 24.6 Å². The summed E-state index contributed by atoms with van der Waals surface area (Å²) in [5.41, 5.74) is 9.83. The van der Waals surface area contributed by atoms with Crippen molar-refractivity contribution in [1.29, 1.82) is 0 Å². The molecule has 0 atom stereocenters. The maximum atomic E-state index is 12.8. The molecular weight excluding hydrogens is 456 g/mol. The number of rotatable bonds is 4. The lowest BCUT2D eigenvalue weighted by Gasteiger charge is -2.26. The number of aromatic amines is 1. The number of nitrogen functional groups attached to an aromatic ring is 1. The molecule has 2 aromatic heterocycles. The molecule has 156 valence electrons. The second-order valence-corrected chi connectivity index (χ2v) is 8.61. The van der Waals surface area contributed by atoms with Gasteiger partial charge in [0.25, 0.3) is 5.56 Å². The maximum absolute atomic E-state index is 12.8. The second-order valence-electron chi connectivity index (χ2n) is 7.70. The molecule has 0 spiro atoms. The van der Waals surface area contributed by atoms with Gasteiger partial charge in [0.2, 0.25) is 0 Å². The van der Waals surface area contributed by atoms with Crippen molar-refractivity contribution in [2.24, 2.45) is 0 Å². The van der Waals surface area contributed by atoms with Crippen molar-refractivity contribution < 1.29 is 4.42 Å². The summed E-state index contributed by atoms with van der Waals surface area (Å²) >= 11 is 3.45. The molecule has 5 rings (SSSR count). The van der Waals surface area contributed by atoms with E-state index in [1.165, 1.54) is 0 Å². The van der Waals surface area contributed by atoms with E-state index in [2.05, 4.69) is 25.8 Å². The average molecular weight is 477 g/mol. The van der Waals surface area contributed by atoms with E-state index in [4.69, 9.17) is 15.1 Å². The summed E-state index contributed by atoms with van der Waals surface area (Å²) in [6, 6.07) is 19.4. The van der Waals surface area contributed by atoms with Gasteiger partial charge in [-0.1, -0.05) is 28.1 Å². The van der Waals surface area contributed by atoms with Crippen LogP contribution in [0.25, 0.3) is 22.7 Å². The van der Waals surface area contributed by atoms with Crippen LogP contribution in [0.4, 0.5) is 5.69 Å². The van der Waals surface area contributed by atoms with Crippen LogP contribution in [0.3, 0.4) is 0 Å². The van der Waals surface area contributed by atoms with Gasteiger partial charge >= 0.3 is 0 Å². The predicted molar refractivity (Wildman–Crippen MR) is 124 cm³/mol. The molecule has 4 aromatic rings. The van der Waals surface area contributed by atoms with Crippen molar-refractivity contribution in [3.05, 3.63) is 92.5 Å². The minimum atomic E-state index is -0.0866. The Morgan fingerprint density at radius 2 is 1.77 bits per heavy atom. The maximum Gasteiger partial charge on any atom is 0.255 e. The predicted octanol–water partition coefficient (Wildman–Crippen LogP) is 4.60. The number of halogens is 1. The summed E-state index contributed by atoms with van der Waals surface area (Å²) in [7, 11) is 0. The molecule has 0 unspecified atom stereocenters. The molecular formula is C24H21BrN4O2. The number of nitrogens with two attached hydrogens (primary N) is 1. The zero-order chi connectivity index (χ0) is 21.4. The van der Waals surface area contributed by atoms with Crippen molar-refractivity contribution in [2.75, 3.05) is 12.3 Å². The molecule has 0 aliphatic carbocycles. The Balaban J connectivity index is 1.32. The van der Waals surface area contributed by atoms with Crippen LogP contribution >= 0.6 is 15.9 Å². The van der Waals surface area contributed by atoms with Crippen LogP contribution in [0.15, 0.2) is 74.3 Å². The first-order valence-corrected chi connectivity index (χ1v) is 10.9. The Morgan fingerprint density at radius 1 is 1.03 bits per heavy atom. The van der Waals surface area contributed by atoms with Crippen molar-refractivity contribution in [3.8, 4) is 22.7 Å². The Labute approximate surface area is 187 Å². The van der Waals surface area contributed by atoms with E-state index in [1.54, 1.807) is 0 Å². The standard InChI is InChI=1S/C24H21BrN4O2/c25-17-5-1-15(2-6-17)22-10-9-19(31-22)13-29-12-11-21-20(14-29)24(30)28-23(27-21)16-3-7-18(26)8-4-16/h1-10H,11-14,26H2,(H,27,28,30). The minimum Gasteiger partial charge on any atom is -0.460 e. The summed E-state index contributed by atoms with van der Waals surface area (Å²) in [4.78, 5) is 22.6. The minimum absolute atomic E-state index is 0.0866. The number of hydrogen-bond donors (Lipinski definition) is 2. The third-order valence-electron chi connectivity index (χ3n) is 5.50. The fraction of sp³-hybridized carbons (Fsp3) is 0.167. The number of aromatic nitrogens is 2. The van der Waals surface area contributed by atoms with Crippen LogP contribution in [0, 0.1) is 0 Å². The van der Waals surface area contributed by atoms with Gasteiger partial charge < -0.3 is 15.1 Å². The lowest BCUT2D eigenvalue weighted by Crippen LogP contribution is -2.35. The zero-order valence-electron chi connectivity index (χ0n) is 16.8. The quantitative estimate of drug-likeness (QED) is 0.420. The van der Waals surface area contributed by atoms with Crippen LogP contribution in [0.5, 0.6) is 0 Å². The number of furan rings is 1. The van der Waals surface area contributed by atoms with Crippen LogP contribution < -0.4 is 11.3 Å². The summed E-state index contributed by atoms with van der Waals surface area (Å²) in [6.07, 6.45) is 0.724. The average Bonchev–Trinajstić information content (AvgIpc) is 3.23. The summed E-state index contributed by atoms with van der Waals surface area (Å²) in [6.45, 7) is 2.02. The number of nitrogens with one attached hydrogen (secondary N) is 1. The van der Waals surface area contributed by atoms with E-state index < -0.39 is 0 Å². The first-order chi connectivity index (χ1) is 15.0. The summed E-state index contributed by atoms with van der Waals surface area (Å²) < 4.78 is 7.08. The molecule has 0 radical (unpaired) electrons. The first kappa shape index (κ1) is 19.8. The topological polar surface area (TPSA) is 88.1 Å². The highest BCUT2D eigenvalue weighted by Crippen LogP contribution is 2.26. The summed E-state index contributed by atoms with van der Waals surface area (Å²) in [5, 5.41) is 0. The third-order valence-corrected chi connectivity index (χ3v) is 6.03. The van der Waals surface area contributed by atoms with Gasteiger partial charge in [-0.05, 0) is 48.5 Å². The van der Waals surface area contributed by atoms with Crippen molar-refractivity contribution >= 4 is 21.6 Å². The van der Waals surface area contributed by atoms with E-state index in [-0.39, 0.29) is 5.56 Å². The lowest BCUT2D eigenvalue weighted by atomic mass is 10.1. The molecule has 7 heteroatoms. The lowest BCUT2D eigenvalue weighted by molar-refractivity contribution is 0.223. The normalized spacial score (nSPS) is 13.8. The highest BCUT2D eigenvalue weighted by molar-refractivity contribution is 9.10. The molecule has 6 nitrogen and oxygen atoms in total. The number of benzene rings is 2. The van der Waals surface area contributed by atoms with Gasteiger partial charge in [0.15, 0.2) is 0 Å². The smallest absolute Gasteiger partial charge is 0.255 e. The third kappa shape index (κ3) is 4.19. The van der Waals surface area contributed by atoms with Crippen LogP contribution in [0.1, 0.15) is 17.0 Å². The van der Waals surface area contributed by atoms with E-state index >= 15 is 0 Å². The largest absolute Gasteiger partial charge is 0.460 e. The molecule has 3 N–H and O–H groups in total. The molecule has 1 aliphatic rings. The number of fused-ring (bicyclic) bond motifs is 1. The number of nitrogens with zero attached hydrogens (tertiary/aromatic N) is 2. The van der Waals surface area contributed by atoms with Gasteiger partial charge in [-0.15, -0.1) is 0 Å². The van der Waals surface area contributed by atoms with E-state index in [0.717, 1.165) is 51.3 Å². The van der Waals surface area contributed by atoms with Crippen LogP contribution in [0.2, 0.25) is 0 Å². The van der Waals surface area contributed by atoms with Gasteiger partial charge in [-0.25, -0.2) is 4.98 Å². The molecule has 1 aliphatic heterocycles. The number of H-pyrrole nitrogens is 1. The number of hydrogen-bond acceptors (Lipinski definition) is 5. The van der Waals surface area contributed by atoms with Gasteiger partial charge in [0.1, 0.15) is 17.3 Å². The Morgan fingerprint density at radius 3 is 2.55 bits per heavy atom. The summed E-state index contributed by atoms with van der Waals surface area (Å²) in [5.74, 6) is 2.30. The Hall–Kier alpha value is -3.16. The molecule has 2 aromatic carbocycles. The van der Waals surface area contributed by atoms with Crippen molar-refractivity contribution in [3.63, 3.8) is 0 Å². The van der Waals surface area contributed by atoms with E-state index in [9.17, 15) is 4.79 Å². The van der Waals surface area contributed by atoms with Gasteiger partial charge in [-0.3, -0.25) is 9.69 Å². The molecule has 3 heterocycles. The van der Waals surface area contributed by atoms with Crippen molar-refractivity contribution in [2.45, 2.75) is 19.5 Å². The molecule has 0 bridgehead atoms. The van der Waals surface area contributed by atoms with Gasteiger partial charge in [0, 0.05) is 40.8 Å². The highest BCUT2D eigenvalue weighted by Gasteiger charge is 2.22. The first-order valence-electron chi connectivity index (χ1n) is 10.1. The van der Waals surface area contributed by atoms with Crippen LogP contribution in [-0.2, 0) is 19.5 Å². The number of anilines is 1. The van der Waals surface area contributed by atoms with Crippen molar-refractivity contribution in [1.82, 2.24) is 14.9 Å². The fourth-order valence-corrected chi connectivity index (χ4v) is 4.11. The van der Waals surface area contributed by atoms with Gasteiger partial charge in [-0.2, -0.15) is 0 Å². The van der Waals surface area contributed by atoms with Crippen LogP contribution in [-0.4, -0.2) is 21.4 Å².